The van der Waals surface area contributed by atoms with Crippen molar-refractivity contribution in [1.82, 2.24) is 10.4 Å². The molecule has 2 heterocycles. The van der Waals surface area contributed by atoms with Crippen LogP contribution in [0.2, 0.25) is 0 Å². The zero-order valence-corrected chi connectivity index (χ0v) is 9.53. The fourth-order valence-corrected chi connectivity index (χ4v) is 1.94. The number of hydrogen-bond donors (Lipinski definition) is 1. The van der Waals surface area contributed by atoms with Crippen LogP contribution in [0.15, 0.2) is 29.2 Å². The Kier molecular flexibility index (Phi) is 3.21. The molecule has 2 aliphatic rings. The molecule has 0 spiro atoms. The SMILES string of the molecule is CC(C)C1=NC=CN2NCCCCC=C12. The monoisotopic (exact) mass is 205 g/mol. The largest absolute Gasteiger partial charge is 0.281 e. The lowest BCUT2D eigenvalue weighted by atomic mass is 10.0. The molecule has 0 saturated carbocycles. The maximum absolute atomic E-state index is 4.47. The van der Waals surface area contributed by atoms with Gasteiger partial charge in [0.05, 0.1) is 11.4 Å². The highest BCUT2D eigenvalue weighted by Gasteiger charge is 2.19. The zero-order chi connectivity index (χ0) is 10.7. The minimum Gasteiger partial charge on any atom is -0.281 e. The summed E-state index contributed by atoms with van der Waals surface area (Å²) in [7, 11) is 0. The lowest BCUT2D eigenvalue weighted by Crippen LogP contribution is -2.39. The first kappa shape index (κ1) is 10.4. The second kappa shape index (κ2) is 4.62. The highest BCUT2D eigenvalue weighted by atomic mass is 15.5. The van der Waals surface area contributed by atoms with E-state index in [-0.39, 0.29) is 0 Å². The Balaban J connectivity index is 2.26. The van der Waals surface area contributed by atoms with Gasteiger partial charge in [0, 0.05) is 18.9 Å². The second-order valence-corrected chi connectivity index (χ2v) is 4.33. The van der Waals surface area contributed by atoms with Crippen molar-refractivity contribution in [2.24, 2.45) is 10.9 Å². The van der Waals surface area contributed by atoms with Gasteiger partial charge in [0.1, 0.15) is 0 Å². The predicted octanol–water partition coefficient (Wildman–Crippen LogP) is 2.44. The third kappa shape index (κ3) is 2.29. The van der Waals surface area contributed by atoms with Gasteiger partial charge in [0.25, 0.3) is 0 Å². The molecule has 0 aromatic carbocycles. The van der Waals surface area contributed by atoms with Crippen LogP contribution in [0.1, 0.15) is 33.1 Å². The maximum Gasteiger partial charge on any atom is 0.0749 e. The molecule has 0 aliphatic carbocycles. The number of fused-ring (bicyclic) bond motifs is 1. The van der Waals surface area contributed by atoms with Gasteiger partial charge < -0.3 is 0 Å². The molecular formula is C12H19N3. The minimum absolute atomic E-state index is 0.477. The van der Waals surface area contributed by atoms with Crippen LogP contribution < -0.4 is 5.43 Å². The molecule has 0 radical (unpaired) electrons. The normalized spacial score (nSPS) is 21.7. The second-order valence-electron chi connectivity index (χ2n) is 4.33. The third-order valence-electron chi connectivity index (χ3n) is 2.75. The van der Waals surface area contributed by atoms with Crippen molar-refractivity contribution in [2.75, 3.05) is 6.54 Å². The van der Waals surface area contributed by atoms with Crippen molar-refractivity contribution in [1.29, 1.82) is 0 Å². The summed E-state index contributed by atoms with van der Waals surface area (Å²) in [6, 6.07) is 0. The van der Waals surface area contributed by atoms with Gasteiger partial charge >= 0.3 is 0 Å². The lowest BCUT2D eigenvalue weighted by molar-refractivity contribution is 0.333. The van der Waals surface area contributed by atoms with Crippen LogP contribution >= 0.6 is 0 Å². The van der Waals surface area contributed by atoms with Gasteiger partial charge in [-0.3, -0.25) is 10.0 Å². The van der Waals surface area contributed by atoms with Gasteiger partial charge in [0.15, 0.2) is 0 Å². The Bertz CT molecular complexity index is 313. The number of allylic oxidation sites excluding steroid dienone is 2. The highest BCUT2D eigenvalue weighted by molar-refractivity contribution is 6.01. The number of hydrazine groups is 1. The van der Waals surface area contributed by atoms with Crippen molar-refractivity contribution in [3.63, 3.8) is 0 Å². The van der Waals surface area contributed by atoms with Crippen LogP contribution in [0.3, 0.4) is 0 Å². The molecule has 0 amide bonds. The summed E-state index contributed by atoms with van der Waals surface area (Å²) in [6.07, 6.45) is 9.84. The molecule has 0 aromatic heterocycles. The number of aliphatic imine (C=N–C) groups is 1. The van der Waals surface area contributed by atoms with Crippen molar-refractivity contribution >= 4 is 5.71 Å². The first-order chi connectivity index (χ1) is 7.29. The number of nitrogens with zero attached hydrogens (tertiary/aromatic N) is 2. The third-order valence-corrected chi connectivity index (χ3v) is 2.75. The van der Waals surface area contributed by atoms with Gasteiger partial charge in [-0.05, 0) is 25.2 Å². The predicted molar refractivity (Wildman–Crippen MR) is 63.2 cm³/mol. The Morgan fingerprint density at radius 3 is 3.07 bits per heavy atom. The molecule has 1 N–H and O–H groups in total. The van der Waals surface area contributed by atoms with Crippen molar-refractivity contribution in [3.05, 3.63) is 24.2 Å². The topological polar surface area (TPSA) is 27.6 Å². The molecule has 3 nitrogen and oxygen atoms in total. The van der Waals surface area contributed by atoms with Crippen LogP contribution in [0.25, 0.3) is 0 Å². The number of hydrogen-bond acceptors (Lipinski definition) is 3. The summed E-state index contributed by atoms with van der Waals surface area (Å²) in [5.41, 5.74) is 5.84. The fourth-order valence-electron chi connectivity index (χ4n) is 1.94. The van der Waals surface area contributed by atoms with E-state index in [1.165, 1.54) is 24.3 Å². The highest BCUT2D eigenvalue weighted by Crippen LogP contribution is 2.19. The summed E-state index contributed by atoms with van der Waals surface area (Å²) in [4.78, 5) is 4.47. The van der Waals surface area contributed by atoms with E-state index in [0.717, 1.165) is 13.0 Å². The molecule has 3 heteroatoms. The van der Waals surface area contributed by atoms with Crippen LogP contribution in [0.4, 0.5) is 0 Å². The summed E-state index contributed by atoms with van der Waals surface area (Å²) < 4.78 is 0. The average Bonchev–Trinajstić information content (AvgIpc) is 2.17. The van der Waals surface area contributed by atoms with Crippen LogP contribution in [0.5, 0.6) is 0 Å². The van der Waals surface area contributed by atoms with E-state index >= 15 is 0 Å². The molecule has 0 atom stereocenters. The van der Waals surface area contributed by atoms with Gasteiger partial charge in [-0.2, -0.15) is 0 Å². The molecular weight excluding hydrogens is 186 g/mol. The quantitative estimate of drug-likeness (QED) is 0.712. The van der Waals surface area contributed by atoms with Gasteiger partial charge in [-0.25, -0.2) is 5.43 Å². The van der Waals surface area contributed by atoms with Crippen molar-refractivity contribution in [3.8, 4) is 0 Å². The van der Waals surface area contributed by atoms with Gasteiger partial charge in [-0.15, -0.1) is 0 Å². The van der Waals surface area contributed by atoms with Gasteiger partial charge in [0.2, 0.25) is 0 Å². The van der Waals surface area contributed by atoms with E-state index in [4.69, 9.17) is 0 Å². The van der Waals surface area contributed by atoms with E-state index in [9.17, 15) is 0 Å². The first-order valence-corrected chi connectivity index (χ1v) is 5.76. The van der Waals surface area contributed by atoms with E-state index < -0.39 is 0 Å². The van der Waals surface area contributed by atoms with Crippen molar-refractivity contribution in [2.45, 2.75) is 33.1 Å². The molecule has 0 fully saturated rings. The molecule has 0 aromatic rings. The van der Waals surface area contributed by atoms with E-state index in [0.29, 0.717) is 5.92 Å². The summed E-state index contributed by atoms with van der Waals surface area (Å²) in [5, 5.41) is 2.11. The van der Waals surface area contributed by atoms with Gasteiger partial charge in [-0.1, -0.05) is 19.9 Å². The van der Waals surface area contributed by atoms with Crippen LogP contribution in [0, 0.1) is 5.92 Å². The smallest absolute Gasteiger partial charge is 0.0749 e. The minimum atomic E-state index is 0.477. The number of nitrogens with one attached hydrogen (secondary N) is 1. The van der Waals surface area contributed by atoms with E-state index in [1.807, 2.05) is 12.4 Å². The Labute approximate surface area is 91.5 Å². The summed E-state index contributed by atoms with van der Waals surface area (Å²) in [5.74, 6) is 0.477. The van der Waals surface area contributed by atoms with E-state index in [1.54, 1.807) is 0 Å². The lowest BCUT2D eigenvalue weighted by Gasteiger charge is -2.30. The van der Waals surface area contributed by atoms with Crippen molar-refractivity contribution < 1.29 is 0 Å². The van der Waals surface area contributed by atoms with E-state index in [2.05, 4.69) is 35.4 Å². The maximum atomic E-state index is 4.47. The Hall–Kier alpha value is -1.09. The first-order valence-electron chi connectivity index (χ1n) is 5.76. The molecule has 2 rings (SSSR count). The summed E-state index contributed by atoms with van der Waals surface area (Å²) >= 11 is 0. The zero-order valence-electron chi connectivity index (χ0n) is 9.53. The van der Waals surface area contributed by atoms with Crippen LogP contribution in [-0.4, -0.2) is 17.3 Å². The molecule has 0 saturated heterocycles. The molecule has 0 bridgehead atoms. The van der Waals surface area contributed by atoms with Crippen LogP contribution in [-0.2, 0) is 0 Å². The molecule has 15 heavy (non-hydrogen) atoms. The average molecular weight is 205 g/mol. The molecule has 2 aliphatic heterocycles. The fraction of sp³-hybridized carbons (Fsp3) is 0.583. The molecule has 82 valence electrons. The summed E-state index contributed by atoms with van der Waals surface area (Å²) in [6.45, 7) is 5.43. The Morgan fingerprint density at radius 1 is 1.40 bits per heavy atom. The Morgan fingerprint density at radius 2 is 2.27 bits per heavy atom. The number of rotatable bonds is 1. The molecule has 0 unspecified atom stereocenters. The standard InChI is InChI=1S/C12H19N3/c1-10(2)12-11-6-4-3-5-7-14-15(11)9-8-13-12/h6,8-10,14H,3-5,7H2,1-2H3.